The predicted molar refractivity (Wildman–Crippen MR) is 153 cm³/mol. The molecule has 0 saturated carbocycles. The molecule has 3 aromatic rings. The lowest BCUT2D eigenvalue weighted by atomic mass is 9.85. The molecular weight excluding hydrogens is 606 g/mol. The van der Waals surface area contributed by atoms with Gasteiger partial charge in [0.15, 0.2) is 6.61 Å². The molecule has 242 valence electrons. The molecule has 0 aliphatic carbocycles. The number of alkyl carbamates (subject to hydrolysis) is 1. The zero-order valence-corrected chi connectivity index (χ0v) is 23.9. The minimum Gasteiger partial charge on any atom is -0.440 e. The first-order chi connectivity index (χ1) is 21.4. The average molecular weight is 639 g/mol. The van der Waals surface area contributed by atoms with Crippen molar-refractivity contribution in [3.8, 4) is 0 Å². The summed E-state index contributed by atoms with van der Waals surface area (Å²) in [6.07, 6.45) is -5.66. The van der Waals surface area contributed by atoms with Gasteiger partial charge in [-0.25, -0.2) is 18.0 Å². The van der Waals surface area contributed by atoms with E-state index < -0.39 is 54.2 Å². The van der Waals surface area contributed by atoms with Crippen LogP contribution in [0.2, 0.25) is 0 Å². The molecule has 1 saturated heterocycles. The third-order valence-electron chi connectivity index (χ3n) is 7.24. The second-order valence-corrected chi connectivity index (χ2v) is 10.5. The van der Waals surface area contributed by atoms with Crippen molar-refractivity contribution in [1.82, 2.24) is 10.6 Å². The second kappa shape index (κ2) is 15.2. The monoisotopic (exact) mass is 638 g/mol. The third-order valence-corrected chi connectivity index (χ3v) is 7.24. The summed E-state index contributed by atoms with van der Waals surface area (Å²) in [7, 11) is 0. The zero-order chi connectivity index (χ0) is 32.6. The Bertz CT molecular complexity index is 1390. The molecule has 5 N–H and O–H groups in total. The molecule has 3 aromatic carbocycles. The Labute approximate surface area is 255 Å². The quantitative estimate of drug-likeness (QED) is 0.225. The largest absolute Gasteiger partial charge is 0.440 e. The number of carbonyl (C=O) groups is 2. The Morgan fingerprint density at radius 2 is 1.60 bits per heavy atom. The molecule has 0 aromatic heterocycles. The van der Waals surface area contributed by atoms with Gasteiger partial charge >= 0.3 is 12.3 Å². The topological polar surface area (TPSA) is 115 Å². The molecular formula is C31H32F6N4O4. The number of carbonyl (C=O) groups excluding carboxylic acids is 2. The first-order valence-electron chi connectivity index (χ1n) is 14.1. The van der Waals surface area contributed by atoms with E-state index in [1.54, 1.807) is 0 Å². The van der Waals surface area contributed by atoms with Crippen LogP contribution in [-0.2, 0) is 20.7 Å². The van der Waals surface area contributed by atoms with Gasteiger partial charge in [-0.1, -0.05) is 30.3 Å². The minimum atomic E-state index is -4.62. The van der Waals surface area contributed by atoms with Gasteiger partial charge in [0.25, 0.3) is 0 Å². The number of anilines is 1. The molecule has 0 unspecified atom stereocenters. The predicted octanol–water partition coefficient (Wildman–Crippen LogP) is 4.78. The van der Waals surface area contributed by atoms with Gasteiger partial charge in [-0.2, -0.15) is 13.2 Å². The number of nitrogens with one attached hydrogen (secondary N) is 3. The highest BCUT2D eigenvalue weighted by molar-refractivity contribution is 5.96. The van der Waals surface area contributed by atoms with E-state index in [0.717, 1.165) is 0 Å². The van der Waals surface area contributed by atoms with Crippen LogP contribution in [0, 0.1) is 17.5 Å². The Kier molecular flexibility index (Phi) is 11.4. The summed E-state index contributed by atoms with van der Waals surface area (Å²) >= 11 is 0. The van der Waals surface area contributed by atoms with Crippen molar-refractivity contribution in [1.29, 1.82) is 0 Å². The third kappa shape index (κ3) is 9.93. The van der Waals surface area contributed by atoms with E-state index in [9.17, 15) is 35.9 Å². The van der Waals surface area contributed by atoms with Gasteiger partial charge in [0, 0.05) is 36.3 Å². The van der Waals surface area contributed by atoms with Gasteiger partial charge in [-0.05, 0) is 60.4 Å². The summed E-state index contributed by atoms with van der Waals surface area (Å²) in [5.74, 6) is -2.92. The summed E-state index contributed by atoms with van der Waals surface area (Å²) in [6, 6.07) is 13.5. The maximum atomic E-state index is 15.0. The molecule has 0 radical (unpaired) electrons. The summed E-state index contributed by atoms with van der Waals surface area (Å²) in [5, 5.41) is 8.06. The number of hydrogen-bond donors (Lipinski definition) is 4. The number of morpholine rings is 1. The number of amides is 2. The van der Waals surface area contributed by atoms with E-state index in [1.165, 1.54) is 66.7 Å². The molecule has 1 fully saturated rings. The van der Waals surface area contributed by atoms with E-state index in [-0.39, 0.29) is 43.0 Å². The molecule has 0 spiro atoms. The highest BCUT2D eigenvalue weighted by atomic mass is 19.4. The molecule has 14 heteroatoms. The minimum absolute atomic E-state index is 0.0238. The highest BCUT2D eigenvalue weighted by Crippen LogP contribution is 2.30. The van der Waals surface area contributed by atoms with Gasteiger partial charge in [0.1, 0.15) is 17.5 Å². The molecule has 2 amide bonds. The Balaban J connectivity index is 1.35. The smallest absolute Gasteiger partial charge is 0.422 e. The van der Waals surface area contributed by atoms with Crippen LogP contribution in [0.15, 0.2) is 66.7 Å². The lowest BCUT2D eigenvalue weighted by molar-refractivity contribution is -0.160. The molecule has 45 heavy (non-hydrogen) atoms. The van der Waals surface area contributed by atoms with Crippen LogP contribution in [0.3, 0.4) is 0 Å². The van der Waals surface area contributed by atoms with Crippen molar-refractivity contribution >= 4 is 17.7 Å². The number of ether oxygens (including phenoxy) is 2. The van der Waals surface area contributed by atoms with Gasteiger partial charge in [0.05, 0.1) is 18.8 Å². The first-order valence-corrected chi connectivity index (χ1v) is 14.1. The van der Waals surface area contributed by atoms with Crippen molar-refractivity contribution in [2.75, 3.05) is 31.6 Å². The normalized spacial score (nSPS) is 17.5. The van der Waals surface area contributed by atoms with Gasteiger partial charge in [-0.15, -0.1) is 0 Å². The van der Waals surface area contributed by atoms with Crippen LogP contribution < -0.4 is 21.7 Å². The second-order valence-electron chi connectivity index (χ2n) is 10.5. The van der Waals surface area contributed by atoms with Crippen LogP contribution in [0.25, 0.3) is 0 Å². The zero-order valence-electron chi connectivity index (χ0n) is 23.9. The fourth-order valence-electron chi connectivity index (χ4n) is 4.94. The standard InChI is InChI=1S/C31H32F6N4O4/c32-20-8-4-18(5-9-20)27(19-6-10-21(33)11-7-19)28(38)29(42)41-26-3-1-2-25(34)24(26)13-12-23-15-39-22(16-44-23)14-40-30(43)45-17-31(35,36)37/h1-11,22-23,27-28,39H,12-17,38H2,(H,40,43)(H,41,42)/t22-,23-,28+/m1/s1. The van der Waals surface area contributed by atoms with E-state index in [0.29, 0.717) is 24.1 Å². The van der Waals surface area contributed by atoms with Crippen molar-refractivity contribution in [3.05, 3.63) is 101 Å². The van der Waals surface area contributed by atoms with Gasteiger partial charge in [0.2, 0.25) is 5.91 Å². The summed E-state index contributed by atoms with van der Waals surface area (Å²) in [5.41, 5.74) is 7.89. The maximum absolute atomic E-state index is 15.0. The molecule has 1 heterocycles. The summed E-state index contributed by atoms with van der Waals surface area (Å²) < 4.78 is 88.6. The lowest BCUT2D eigenvalue weighted by Crippen LogP contribution is -2.51. The molecule has 8 nitrogen and oxygen atoms in total. The number of benzene rings is 3. The summed E-state index contributed by atoms with van der Waals surface area (Å²) in [4.78, 5) is 24.8. The average Bonchev–Trinajstić information content (AvgIpc) is 3.01. The maximum Gasteiger partial charge on any atom is 0.422 e. The van der Waals surface area contributed by atoms with Crippen molar-refractivity contribution in [2.45, 2.75) is 43.1 Å². The summed E-state index contributed by atoms with van der Waals surface area (Å²) in [6.45, 7) is -1.26. The van der Waals surface area contributed by atoms with E-state index in [2.05, 4.69) is 20.7 Å². The molecule has 3 atom stereocenters. The fraction of sp³-hybridized carbons (Fsp3) is 0.355. The van der Waals surface area contributed by atoms with Crippen molar-refractivity contribution in [3.63, 3.8) is 0 Å². The Morgan fingerprint density at radius 1 is 0.978 bits per heavy atom. The molecule has 1 aliphatic heterocycles. The van der Waals surface area contributed by atoms with Crippen LogP contribution in [0.4, 0.5) is 36.8 Å². The molecule has 0 bridgehead atoms. The highest BCUT2D eigenvalue weighted by Gasteiger charge is 2.31. The number of halogens is 6. The van der Waals surface area contributed by atoms with Crippen molar-refractivity contribution < 1.29 is 45.4 Å². The number of hydrogen-bond acceptors (Lipinski definition) is 6. The molecule has 4 rings (SSSR count). The molecule has 1 aliphatic rings. The lowest BCUT2D eigenvalue weighted by Gasteiger charge is -2.30. The number of alkyl halides is 3. The van der Waals surface area contributed by atoms with Crippen LogP contribution >= 0.6 is 0 Å². The Hall–Kier alpha value is -4.14. The first kappa shape index (κ1) is 33.7. The van der Waals surface area contributed by atoms with Crippen LogP contribution in [-0.4, -0.2) is 62.7 Å². The van der Waals surface area contributed by atoms with Crippen LogP contribution in [0.5, 0.6) is 0 Å². The van der Waals surface area contributed by atoms with E-state index in [4.69, 9.17) is 10.5 Å². The SMILES string of the molecule is N[C@H](C(=O)Nc1cccc(F)c1CC[C@@H]1CN[C@H](CNC(=O)OCC(F)(F)F)CO1)C(c1ccc(F)cc1)c1ccc(F)cc1. The van der Waals surface area contributed by atoms with Crippen molar-refractivity contribution in [2.24, 2.45) is 5.73 Å². The Morgan fingerprint density at radius 3 is 2.16 bits per heavy atom. The number of nitrogens with two attached hydrogens (primary N) is 1. The number of rotatable bonds is 11. The van der Waals surface area contributed by atoms with Gasteiger partial charge < -0.3 is 31.2 Å². The van der Waals surface area contributed by atoms with Gasteiger partial charge in [-0.3, -0.25) is 4.79 Å². The van der Waals surface area contributed by atoms with Crippen LogP contribution in [0.1, 0.15) is 29.0 Å². The fourth-order valence-corrected chi connectivity index (χ4v) is 4.94. The van der Waals surface area contributed by atoms with E-state index >= 15 is 0 Å². The van der Waals surface area contributed by atoms with E-state index in [1.807, 2.05) is 0 Å².